The lowest BCUT2D eigenvalue weighted by Gasteiger charge is -2.30. The summed E-state index contributed by atoms with van der Waals surface area (Å²) in [5.41, 5.74) is 1.90. The third-order valence-electron chi connectivity index (χ3n) is 4.88. The van der Waals surface area contributed by atoms with Crippen LogP contribution in [-0.4, -0.2) is 32.1 Å². The largest absolute Gasteiger partial charge is 0.497 e. The Morgan fingerprint density at radius 2 is 1.91 bits per heavy atom. The number of hydrogen-bond donors (Lipinski definition) is 1. The van der Waals surface area contributed by atoms with Crippen molar-refractivity contribution in [1.82, 2.24) is 0 Å². The van der Waals surface area contributed by atoms with Gasteiger partial charge in [-0.1, -0.05) is 35.9 Å². The first-order valence-corrected chi connectivity index (χ1v) is 10.3. The van der Waals surface area contributed by atoms with Crippen LogP contribution in [0.4, 0.5) is 11.4 Å². The molecule has 3 aromatic carbocycles. The summed E-state index contributed by atoms with van der Waals surface area (Å²) in [6.45, 7) is 0.0613. The Hall–Kier alpha value is -3.71. The van der Waals surface area contributed by atoms with E-state index in [1.165, 1.54) is 0 Å². The third kappa shape index (κ3) is 4.95. The van der Waals surface area contributed by atoms with E-state index in [9.17, 15) is 9.59 Å². The van der Waals surface area contributed by atoms with Gasteiger partial charge in [-0.25, -0.2) is 0 Å². The van der Waals surface area contributed by atoms with Crippen molar-refractivity contribution < 1.29 is 23.8 Å². The Morgan fingerprint density at radius 3 is 2.72 bits per heavy atom. The number of anilines is 2. The number of fused-ring (bicyclic) bond motifs is 1. The SMILES string of the molecule is COc1cccc(OCC(=O)Nc2ccc3c(c2)N(Cc2ccccc2Cl)C(=O)CO3)c1. The zero-order valence-electron chi connectivity index (χ0n) is 17.3. The van der Waals surface area contributed by atoms with Crippen molar-refractivity contribution in [1.29, 1.82) is 0 Å². The number of ether oxygens (including phenoxy) is 3. The molecule has 0 spiro atoms. The highest BCUT2D eigenvalue weighted by molar-refractivity contribution is 6.31. The molecule has 8 heteroatoms. The fourth-order valence-corrected chi connectivity index (χ4v) is 3.48. The number of amides is 2. The second-order valence-corrected chi connectivity index (χ2v) is 7.47. The maximum Gasteiger partial charge on any atom is 0.265 e. The summed E-state index contributed by atoms with van der Waals surface area (Å²) in [6.07, 6.45) is 0. The number of methoxy groups -OCH3 is 1. The van der Waals surface area contributed by atoms with E-state index in [0.29, 0.717) is 40.2 Å². The van der Waals surface area contributed by atoms with Crippen LogP contribution in [0.15, 0.2) is 66.7 Å². The van der Waals surface area contributed by atoms with Crippen LogP contribution in [0.5, 0.6) is 17.2 Å². The molecule has 0 bridgehead atoms. The van der Waals surface area contributed by atoms with Gasteiger partial charge in [-0.3, -0.25) is 9.59 Å². The summed E-state index contributed by atoms with van der Waals surface area (Å²) in [4.78, 5) is 26.6. The first-order chi connectivity index (χ1) is 15.5. The fourth-order valence-electron chi connectivity index (χ4n) is 3.29. The van der Waals surface area contributed by atoms with E-state index in [4.69, 9.17) is 25.8 Å². The molecular formula is C24H21ClN2O5. The lowest BCUT2D eigenvalue weighted by Crippen LogP contribution is -2.38. The quantitative estimate of drug-likeness (QED) is 0.578. The van der Waals surface area contributed by atoms with Gasteiger partial charge in [-0.05, 0) is 42.0 Å². The molecule has 32 heavy (non-hydrogen) atoms. The molecule has 0 fully saturated rings. The summed E-state index contributed by atoms with van der Waals surface area (Å²) in [5.74, 6) is 1.19. The van der Waals surface area contributed by atoms with Gasteiger partial charge < -0.3 is 24.4 Å². The van der Waals surface area contributed by atoms with Crippen LogP contribution < -0.4 is 24.4 Å². The van der Waals surface area contributed by atoms with Crippen molar-refractivity contribution in [2.45, 2.75) is 6.54 Å². The highest BCUT2D eigenvalue weighted by atomic mass is 35.5. The molecule has 0 unspecified atom stereocenters. The molecule has 4 rings (SSSR count). The maximum atomic E-state index is 12.6. The molecule has 1 heterocycles. The number of nitrogens with zero attached hydrogens (tertiary/aromatic N) is 1. The molecule has 0 atom stereocenters. The van der Waals surface area contributed by atoms with E-state index < -0.39 is 0 Å². The van der Waals surface area contributed by atoms with Crippen molar-refractivity contribution in [2.75, 3.05) is 30.5 Å². The standard InChI is InChI=1S/C24H21ClN2O5/c1-30-18-6-4-7-19(12-18)31-14-23(28)26-17-9-10-22-21(11-17)27(24(29)15-32-22)13-16-5-2-3-8-20(16)25/h2-12H,13-15H2,1H3,(H,26,28). The first-order valence-electron chi connectivity index (χ1n) is 9.91. The number of halogens is 1. The predicted molar refractivity (Wildman–Crippen MR) is 122 cm³/mol. The molecule has 164 valence electrons. The number of rotatable bonds is 7. The second kappa shape index (κ2) is 9.62. The summed E-state index contributed by atoms with van der Waals surface area (Å²) < 4.78 is 16.2. The first kappa shape index (κ1) is 21.5. The van der Waals surface area contributed by atoms with E-state index in [1.54, 1.807) is 60.5 Å². The zero-order chi connectivity index (χ0) is 22.5. The Kier molecular flexibility index (Phi) is 6.47. The van der Waals surface area contributed by atoms with Crippen LogP contribution in [0, 0.1) is 0 Å². The maximum absolute atomic E-state index is 12.6. The highest BCUT2D eigenvalue weighted by Crippen LogP contribution is 2.36. The molecule has 0 saturated heterocycles. The molecule has 3 aromatic rings. The Labute approximate surface area is 190 Å². The molecule has 0 aromatic heterocycles. The fraction of sp³-hybridized carbons (Fsp3) is 0.167. The van der Waals surface area contributed by atoms with Gasteiger partial charge in [0.2, 0.25) is 0 Å². The van der Waals surface area contributed by atoms with Crippen molar-refractivity contribution >= 4 is 34.8 Å². The van der Waals surface area contributed by atoms with E-state index in [1.807, 2.05) is 18.2 Å². The van der Waals surface area contributed by atoms with E-state index in [0.717, 1.165) is 5.56 Å². The van der Waals surface area contributed by atoms with Gasteiger partial charge in [0.1, 0.15) is 17.2 Å². The third-order valence-corrected chi connectivity index (χ3v) is 5.25. The number of benzene rings is 3. The van der Waals surface area contributed by atoms with Gasteiger partial charge in [0.05, 0.1) is 19.3 Å². The van der Waals surface area contributed by atoms with Gasteiger partial charge in [-0.2, -0.15) is 0 Å². The Morgan fingerprint density at radius 1 is 1.09 bits per heavy atom. The highest BCUT2D eigenvalue weighted by Gasteiger charge is 2.26. The zero-order valence-corrected chi connectivity index (χ0v) is 18.1. The minimum Gasteiger partial charge on any atom is -0.497 e. The number of carbonyl (C=O) groups excluding carboxylic acids is 2. The number of carbonyl (C=O) groups is 2. The summed E-state index contributed by atoms with van der Waals surface area (Å²) in [6, 6.07) is 19.5. The van der Waals surface area contributed by atoms with Crippen molar-refractivity contribution in [2.24, 2.45) is 0 Å². The van der Waals surface area contributed by atoms with Crippen LogP contribution >= 0.6 is 11.6 Å². The lowest BCUT2D eigenvalue weighted by molar-refractivity contribution is -0.121. The lowest BCUT2D eigenvalue weighted by atomic mass is 10.1. The number of hydrogen-bond acceptors (Lipinski definition) is 5. The average Bonchev–Trinajstić information content (AvgIpc) is 2.81. The van der Waals surface area contributed by atoms with E-state index >= 15 is 0 Å². The van der Waals surface area contributed by atoms with Gasteiger partial charge in [0, 0.05) is 16.8 Å². The van der Waals surface area contributed by atoms with E-state index in [2.05, 4.69) is 5.32 Å². The molecule has 2 amide bonds. The monoisotopic (exact) mass is 452 g/mol. The molecule has 7 nitrogen and oxygen atoms in total. The van der Waals surface area contributed by atoms with Gasteiger partial charge in [-0.15, -0.1) is 0 Å². The molecule has 1 N–H and O–H groups in total. The topological polar surface area (TPSA) is 77.1 Å². The Bertz CT molecular complexity index is 1150. The normalized spacial score (nSPS) is 12.6. The van der Waals surface area contributed by atoms with Gasteiger partial charge >= 0.3 is 0 Å². The smallest absolute Gasteiger partial charge is 0.265 e. The van der Waals surface area contributed by atoms with Crippen molar-refractivity contribution in [3.05, 3.63) is 77.3 Å². The summed E-state index contributed by atoms with van der Waals surface area (Å²) >= 11 is 6.27. The van der Waals surface area contributed by atoms with Crippen molar-refractivity contribution in [3.8, 4) is 17.2 Å². The molecular weight excluding hydrogens is 432 g/mol. The molecule has 0 aliphatic carbocycles. The minimum atomic E-state index is -0.339. The van der Waals surface area contributed by atoms with Crippen LogP contribution in [0.25, 0.3) is 0 Å². The average molecular weight is 453 g/mol. The van der Waals surface area contributed by atoms with Crippen LogP contribution in [0.1, 0.15) is 5.56 Å². The van der Waals surface area contributed by atoms with Crippen LogP contribution in [-0.2, 0) is 16.1 Å². The van der Waals surface area contributed by atoms with Gasteiger partial charge in [0.15, 0.2) is 13.2 Å². The second-order valence-electron chi connectivity index (χ2n) is 7.06. The van der Waals surface area contributed by atoms with Crippen LogP contribution in [0.3, 0.4) is 0 Å². The summed E-state index contributed by atoms with van der Waals surface area (Å²) in [7, 11) is 1.56. The van der Waals surface area contributed by atoms with Crippen molar-refractivity contribution in [3.63, 3.8) is 0 Å². The number of nitrogens with one attached hydrogen (secondary N) is 1. The Balaban J connectivity index is 1.47. The molecule has 0 radical (unpaired) electrons. The molecule has 1 aliphatic rings. The van der Waals surface area contributed by atoms with Crippen LogP contribution in [0.2, 0.25) is 5.02 Å². The van der Waals surface area contributed by atoms with E-state index in [-0.39, 0.29) is 25.0 Å². The predicted octanol–water partition coefficient (Wildman–Crippen LogP) is 4.29. The van der Waals surface area contributed by atoms with Gasteiger partial charge in [0.25, 0.3) is 11.8 Å². The molecule has 0 saturated carbocycles. The molecule has 1 aliphatic heterocycles. The minimum absolute atomic E-state index is 0.0580. The summed E-state index contributed by atoms with van der Waals surface area (Å²) in [5, 5.41) is 3.36.